The Morgan fingerprint density at radius 1 is 1.32 bits per heavy atom. The molecule has 6 heteroatoms. The molecule has 0 spiro atoms. The average molecular weight is 323 g/mol. The van der Waals surface area contributed by atoms with E-state index in [1.807, 2.05) is 0 Å². The van der Waals surface area contributed by atoms with Crippen LogP contribution >= 0.6 is 11.6 Å². The van der Waals surface area contributed by atoms with Gasteiger partial charge in [0, 0.05) is 12.8 Å². The van der Waals surface area contributed by atoms with Crippen LogP contribution in [-0.4, -0.2) is 21.3 Å². The van der Waals surface area contributed by atoms with E-state index in [0.717, 1.165) is 0 Å². The minimum Gasteiger partial charge on any atom is -0.294 e. The van der Waals surface area contributed by atoms with Crippen LogP contribution in [0.5, 0.6) is 0 Å². The largest absolute Gasteiger partial charge is 0.294 e. The fraction of sp³-hybridized carbons (Fsp3) is 0.312. The molecule has 0 bridgehead atoms. The van der Waals surface area contributed by atoms with Gasteiger partial charge < -0.3 is 0 Å². The van der Waals surface area contributed by atoms with Crippen molar-refractivity contribution in [3.05, 3.63) is 46.0 Å². The summed E-state index contributed by atoms with van der Waals surface area (Å²) in [5.74, 6) is -1.48. The van der Waals surface area contributed by atoms with E-state index in [9.17, 15) is 14.0 Å². The highest BCUT2D eigenvalue weighted by atomic mass is 35.5. The first-order valence-corrected chi connectivity index (χ1v) is 7.22. The predicted octanol–water partition coefficient (Wildman–Crippen LogP) is 4.01. The van der Waals surface area contributed by atoms with Gasteiger partial charge in [0.2, 0.25) is 0 Å². The maximum Gasteiger partial charge on any atom is 0.180 e. The minimum absolute atomic E-state index is 0.0477. The van der Waals surface area contributed by atoms with Crippen LogP contribution in [0.15, 0.2) is 18.2 Å². The molecular formula is C16H16ClFN2O2. The monoisotopic (exact) mass is 322 g/mol. The zero-order valence-electron chi connectivity index (χ0n) is 12.8. The zero-order valence-corrected chi connectivity index (χ0v) is 13.5. The molecule has 0 unspecified atom stereocenters. The van der Waals surface area contributed by atoms with Crippen molar-refractivity contribution < 1.29 is 14.0 Å². The SMILES string of the molecule is CC(=O)c1nn(-c2cccc(Cl)c2F)c(C)c1C(=O)C(C)C. The Morgan fingerprint density at radius 2 is 1.95 bits per heavy atom. The summed E-state index contributed by atoms with van der Waals surface area (Å²) in [7, 11) is 0. The molecule has 1 heterocycles. The molecule has 0 aliphatic carbocycles. The molecule has 116 valence electrons. The van der Waals surface area contributed by atoms with Crippen molar-refractivity contribution in [1.29, 1.82) is 0 Å². The Balaban J connectivity index is 2.75. The predicted molar refractivity (Wildman–Crippen MR) is 82.4 cm³/mol. The lowest BCUT2D eigenvalue weighted by molar-refractivity contribution is 0.0925. The molecule has 0 amide bonds. The number of hydrogen-bond donors (Lipinski definition) is 0. The van der Waals surface area contributed by atoms with E-state index in [0.29, 0.717) is 5.69 Å². The third kappa shape index (κ3) is 2.68. The van der Waals surface area contributed by atoms with Gasteiger partial charge in [-0.2, -0.15) is 5.10 Å². The first kappa shape index (κ1) is 16.4. The summed E-state index contributed by atoms with van der Waals surface area (Å²) < 4.78 is 15.5. The first-order chi connectivity index (χ1) is 10.3. The molecule has 0 aliphatic rings. The van der Waals surface area contributed by atoms with Gasteiger partial charge in [-0.1, -0.05) is 31.5 Å². The number of Topliss-reactive ketones (excluding diaryl/α,β-unsaturated/α-hetero) is 2. The molecule has 0 saturated carbocycles. The second-order valence-corrected chi connectivity index (χ2v) is 5.78. The van der Waals surface area contributed by atoms with Crippen molar-refractivity contribution in [3.8, 4) is 5.69 Å². The number of carbonyl (C=O) groups excluding carboxylic acids is 2. The summed E-state index contributed by atoms with van der Waals surface area (Å²) in [5.41, 5.74) is 0.817. The number of halogens is 2. The van der Waals surface area contributed by atoms with E-state index in [4.69, 9.17) is 11.6 Å². The highest BCUT2D eigenvalue weighted by Crippen LogP contribution is 2.26. The minimum atomic E-state index is -0.645. The summed E-state index contributed by atoms with van der Waals surface area (Å²) in [4.78, 5) is 24.2. The highest BCUT2D eigenvalue weighted by Gasteiger charge is 2.26. The third-order valence-corrected chi connectivity index (χ3v) is 3.67. The fourth-order valence-electron chi connectivity index (χ4n) is 2.22. The van der Waals surface area contributed by atoms with Gasteiger partial charge in [-0.15, -0.1) is 0 Å². The Labute approximate surface area is 132 Å². The van der Waals surface area contributed by atoms with Gasteiger partial charge in [0.25, 0.3) is 0 Å². The van der Waals surface area contributed by atoms with Crippen LogP contribution in [0.3, 0.4) is 0 Å². The topological polar surface area (TPSA) is 52.0 Å². The van der Waals surface area contributed by atoms with Crippen molar-refractivity contribution in [3.63, 3.8) is 0 Å². The van der Waals surface area contributed by atoms with E-state index >= 15 is 0 Å². The lowest BCUT2D eigenvalue weighted by atomic mass is 9.98. The molecule has 0 atom stereocenters. The van der Waals surface area contributed by atoms with E-state index in [1.54, 1.807) is 26.8 Å². The maximum atomic E-state index is 14.2. The molecule has 0 saturated heterocycles. The summed E-state index contributed by atoms with van der Waals surface area (Å²) in [6, 6.07) is 4.50. The molecule has 2 aromatic rings. The van der Waals surface area contributed by atoms with Gasteiger partial charge in [0.1, 0.15) is 11.4 Å². The van der Waals surface area contributed by atoms with Crippen LogP contribution in [0, 0.1) is 18.7 Å². The number of rotatable bonds is 4. The van der Waals surface area contributed by atoms with Crippen LogP contribution in [0.25, 0.3) is 5.69 Å². The maximum absolute atomic E-state index is 14.2. The van der Waals surface area contributed by atoms with E-state index in [2.05, 4.69) is 5.10 Å². The van der Waals surface area contributed by atoms with Gasteiger partial charge >= 0.3 is 0 Å². The second-order valence-electron chi connectivity index (χ2n) is 5.37. The van der Waals surface area contributed by atoms with Crippen LogP contribution in [0.1, 0.15) is 47.3 Å². The van der Waals surface area contributed by atoms with Gasteiger partial charge in [-0.05, 0) is 19.1 Å². The number of benzene rings is 1. The molecule has 1 aromatic carbocycles. The van der Waals surface area contributed by atoms with E-state index in [1.165, 1.54) is 23.7 Å². The third-order valence-electron chi connectivity index (χ3n) is 3.38. The first-order valence-electron chi connectivity index (χ1n) is 6.84. The molecule has 4 nitrogen and oxygen atoms in total. The molecule has 0 radical (unpaired) electrons. The fourth-order valence-corrected chi connectivity index (χ4v) is 2.39. The summed E-state index contributed by atoms with van der Waals surface area (Å²) in [5, 5.41) is 4.08. The lowest BCUT2D eigenvalue weighted by Gasteiger charge is -2.08. The number of aromatic nitrogens is 2. The zero-order chi connectivity index (χ0) is 16.6. The molecule has 22 heavy (non-hydrogen) atoms. The number of hydrogen-bond acceptors (Lipinski definition) is 3. The van der Waals surface area contributed by atoms with Crippen LogP contribution in [0.2, 0.25) is 5.02 Å². The van der Waals surface area contributed by atoms with Crippen LogP contribution in [-0.2, 0) is 0 Å². The highest BCUT2D eigenvalue weighted by molar-refractivity contribution is 6.30. The summed E-state index contributed by atoms with van der Waals surface area (Å²) in [6.07, 6.45) is 0. The molecule has 1 aromatic heterocycles. The summed E-state index contributed by atoms with van der Waals surface area (Å²) in [6.45, 7) is 6.44. The Kier molecular flexibility index (Phi) is 4.47. The number of carbonyl (C=O) groups is 2. The molecule has 0 N–H and O–H groups in total. The van der Waals surface area contributed by atoms with Gasteiger partial charge in [0.15, 0.2) is 17.4 Å². The van der Waals surface area contributed by atoms with Crippen molar-refractivity contribution in [2.24, 2.45) is 5.92 Å². The Morgan fingerprint density at radius 3 is 2.50 bits per heavy atom. The quantitative estimate of drug-likeness (QED) is 0.799. The van der Waals surface area contributed by atoms with Crippen LogP contribution in [0.4, 0.5) is 4.39 Å². The average Bonchev–Trinajstić information content (AvgIpc) is 2.78. The van der Waals surface area contributed by atoms with Crippen LogP contribution < -0.4 is 0 Å². The van der Waals surface area contributed by atoms with Gasteiger partial charge in [-0.3, -0.25) is 9.59 Å². The van der Waals surface area contributed by atoms with E-state index < -0.39 is 5.82 Å². The van der Waals surface area contributed by atoms with Gasteiger partial charge in [-0.25, -0.2) is 9.07 Å². The molecule has 0 aliphatic heterocycles. The van der Waals surface area contributed by atoms with Crippen molar-refractivity contribution >= 4 is 23.2 Å². The molecular weight excluding hydrogens is 307 g/mol. The standard InChI is InChI=1S/C16H16ClFN2O2/c1-8(2)16(22)13-9(3)20(19-15(13)10(4)21)12-7-5-6-11(17)14(12)18/h5-8H,1-4H3. The van der Waals surface area contributed by atoms with Crippen molar-refractivity contribution in [2.75, 3.05) is 0 Å². The van der Waals surface area contributed by atoms with Crippen molar-refractivity contribution in [2.45, 2.75) is 27.7 Å². The smallest absolute Gasteiger partial charge is 0.180 e. The number of nitrogens with zero attached hydrogens (tertiary/aromatic N) is 2. The molecule has 0 fully saturated rings. The van der Waals surface area contributed by atoms with Crippen molar-refractivity contribution in [1.82, 2.24) is 9.78 Å². The van der Waals surface area contributed by atoms with Gasteiger partial charge in [0.05, 0.1) is 16.3 Å². The normalized spacial score (nSPS) is 11.0. The summed E-state index contributed by atoms with van der Waals surface area (Å²) >= 11 is 5.79. The Bertz CT molecular complexity index is 766. The number of ketones is 2. The molecule has 2 rings (SSSR count). The Hall–Kier alpha value is -2.01. The lowest BCUT2D eigenvalue weighted by Crippen LogP contribution is -2.12. The van der Waals surface area contributed by atoms with E-state index in [-0.39, 0.29) is 39.5 Å². The second kappa shape index (κ2) is 6.01.